The highest BCUT2D eigenvalue weighted by Crippen LogP contribution is 2.44. The smallest absolute Gasteiger partial charge is 0.407 e. The molecule has 1 aromatic heterocycles. The third kappa shape index (κ3) is 8.20. The molecule has 1 aliphatic carbocycles. The van der Waals surface area contributed by atoms with Crippen LogP contribution >= 0.6 is 0 Å². The minimum absolute atomic E-state index is 0.0568. The molecule has 0 radical (unpaired) electrons. The van der Waals surface area contributed by atoms with Crippen molar-refractivity contribution in [2.24, 2.45) is 11.8 Å². The molecule has 0 saturated heterocycles. The summed E-state index contributed by atoms with van der Waals surface area (Å²) in [5.41, 5.74) is 5.24. The summed E-state index contributed by atoms with van der Waals surface area (Å²) in [5.74, 6) is -1.52. The molecule has 0 unspecified atom stereocenters. The van der Waals surface area contributed by atoms with Gasteiger partial charge in [-0.1, -0.05) is 107 Å². The van der Waals surface area contributed by atoms with Gasteiger partial charge in [0.15, 0.2) is 0 Å². The van der Waals surface area contributed by atoms with Crippen LogP contribution in [-0.4, -0.2) is 53.1 Å². The molecular weight excluding hydrogens is 604 g/mol. The standard InChI is InChI=1S/C39H44N4O5/c1-25(2)22-33(37(45)42-35(26(3)4)38(46)43-20-12-13-21-43)40-36(44)34(23-27-14-6-5-7-15-27)41-39(47)48-24-32-30-18-10-8-16-28(30)29-17-9-11-19-31(29)32/h5-21,25-26,32-35H,22-24H2,1-4H3,(H,40,44)(H,41,47)(H,42,45)/t33-,34-,35-/m0/s1. The van der Waals surface area contributed by atoms with E-state index in [-0.39, 0.29) is 36.7 Å². The number of benzene rings is 3. The van der Waals surface area contributed by atoms with Gasteiger partial charge in [0.2, 0.25) is 11.8 Å². The van der Waals surface area contributed by atoms with E-state index in [4.69, 9.17) is 4.74 Å². The zero-order valence-electron chi connectivity index (χ0n) is 27.9. The number of fused-ring (bicyclic) bond motifs is 3. The molecule has 9 heteroatoms. The van der Waals surface area contributed by atoms with E-state index in [0.29, 0.717) is 6.42 Å². The number of hydrogen-bond acceptors (Lipinski definition) is 5. The number of rotatable bonds is 13. The molecule has 0 fully saturated rings. The fourth-order valence-corrected chi connectivity index (χ4v) is 6.23. The highest BCUT2D eigenvalue weighted by Gasteiger charge is 2.33. The first-order valence-corrected chi connectivity index (χ1v) is 16.6. The molecule has 1 aliphatic rings. The maximum Gasteiger partial charge on any atom is 0.407 e. The Morgan fingerprint density at radius 1 is 0.688 bits per heavy atom. The van der Waals surface area contributed by atoms with E-state index in [2.05, 4.69) is 28.1 Å². The Bertz CT molecular complexity index is 1670. The number of carbonyl (C=O) groups is 4. The van der Waals surface area contributed by atoms with Crippen molar-refractivity contribution in [3.63, 3.8) is 0 Å². The maximum atomic E-state index is 13.9. The van der Waals surface area contributed by atoms with Crippen LogP contribution in [0.1, 0.15) is 61.5 Å². The Morgan fingerprint density at radius 3 is 1.83 bits per heavy atom. The molecule has 4 aromatic rings. The molecule has 5 rings (SSSR count). The van der Waals surface area contributed by atoms with Gasteiger partial charge in [-0.25, -0.2) is 4.79 Å². The lowest BCUT2D eigenvalue weighted by molar-refractivity contribution is -0.130. The second kappa shape index (κ2) is 15.6. The number of hydrogen-bond donors (Lipinski definition) is 3. The minimum Gasteiger partial charge on any atom is -0.449 e. The van der Waals surface area contributed by atoms with Crippen molar-refractivity contribution in [3.05, 3.63) is 120 Å². The predicted molar refractivity (Wildman–Crippen MR) is 185 cm³/mol. The number of alkyl carbamates (subject to hydrolysis) is 1. The molecule has 9 nitrogen and oxygen atoms in total. The van der Waals surface area contributed by atoms with Crippen molar-refractivity contribution in [2.75, 3.05) is 6.61 Å². The molecule has 250 valence electrons. The Labute approximate surface area is 282 Å². The molecule has 0 bridgehead atoms. The van der Waals surface area contributed by atoms with Crippen LogP contribution in [0.15, 0.2) is 103 Å². The molecule has 3 aromatic carbocycles. The Hall–Kier alpha value is -5.18. The summed E-state index contributed by atoms with van der Waals surface area (Å²) in [6.07, 6.45) is 3.08. The van der Waals surface area contributed by atoms with Gasteiger partial charge in [0.1, 0.15) is 24.7 Å². The van der Waals surface area contributed by atoms with E-state index in [0.717, 1.165) is 27.8 Å². The second-order valence-electron chi connectivity index (χ2n) is 13.1. The lowest BCUT2D eigenvalue weighted by atomic mass is 9.98. The van der Waals surface area contributed by atoms with Crippen LogP contribution < -0.4 is 16.0 Å². The van der Waals surface area contributed by atoms with Gasteiger partial charge >= 0.3 is 6.09 Å². The molecule has 3 amide bonds. The summed E-state index contributed by atoms with van der Waals surface area (Å²) in [5, 5.41) is 8.52. The number of aromatic nitrogens is 1. The van der Waals surface area contributed by atoms with Gasteiger partial charge in [0.05, 0.1) is 0 Å². The summed E-state index contributed by atoms with van der Waals surface area (Å²) < 4.78 is 7.21. The molecular formula is C39H44N4O5. The van der Waals surface area contributed by atoms with Gasteiger partial charge in [0.25, 0.3) is 5.91 Å². The van der Waals surface area contributed by atoms with Crippen molar-refractivity contribution < 1.29 is 23.9 Å². The average Bonchev–Trinajstić information content (AvgIpc) is 3.72. The van der Waals surface area contributed by atoms with Gasteiger partial charge < -0.3 is 20.7 Å². The normalized spacial score (nSPS) is 14.0. The highest BCUT2D eigenvalue weighted by atomic mass is 16.5. The van der Waals surface area contributed by atoms with Crippen molar-refractivity contribution in [3.8, 4) is 11.1 Å². The Balaban J connectivity index is 1.30. The third-order valence-corrected chi connectivity index (χ3v) is 8.66. The minimum atomic E-state index is -1.02. The van der Waals surface area contributed by atoms with E-state index >= 15 is 0 Å². The molecule has 0 saturated carbocycles. The van der Waals surface area contributed by atoms with Gasteiger partial charge in [0, 0.05) is 24.7 Å². The van der Waals surface area contributed by atoms with Crippen LogP contribution in [0.5, 0.6) is 0 Å². The van der Waals surface area contributed by atoms with Crippen LogP contribution in [0.3, 0.4) is 0 Å². The lowest BCUT2D eigenvalue weighted by Gasteiger charge is -2.27. The third-order valence-electron chi connectivity index (χ3n) is 8.66. The second-order valence-corrected chi connectivity index (χ2v) is 13.1. The van der Waals surface area contributed by atoms with Gasteiger partial charge in [-0.3, -0.25) is 19.0 Å². The number of nitrogens with zero attached hydrogens (tertiary/aromatic N) is 1. The lowest BCUT2D eigenvalue weighted by Crippen LogP contribution is -2.57. The fourth-order valence-electron chi connectivity index (χ4n) is 6.23. The summed E-state index contributed by atoms with van der Waals surface area (Å²) >= 11 is 0. The summed E-state index contributed by atoms with van der Waals surface area (Å²) in [7, 11) is 0. The van der Waals surface area contributed by atoms with E-state index in [1.54, 1.807) is 24.5 Å². The van der Waals surface area contributed by atoms with E-state index < -0.39 is 36.0 Å². The Kier molecular flexibility index (Phi) is 11.1. The SMILES string of the molecule is CC(C)C[C@H](NC(=O)[C@H](Cc1ccccc1)NC(=O)OCC1c2ccccc2-c2ccccc21)C(=O)N[C@H](C(=O)n1cccc1)C(C)C. The largest absolute Gasteiger partial charge is 0.449 e. The summed E-state index contributed by atoms with van der Waals surface area (Å²) in [6, 6.07) is 26.2. The first kappa shape index (κ1) is 34.2. The summed E-state index contributed by atoms with van der Waals surface area (Å²) in [6.45, 7) is 7.72. The molecule has 1 heterocycles. The van der Waals surface area contributed by atoms with Gasteiger partial charge in [-0.2, -0.15) is 0 Å². The van der Waals surface area contributed by atoms with E-state index in [1.807, 2.05) is 94.4 Å². The highest BCUT2D eigenvalue weighted by molar-refractivity contribution is 5.94. The molecule has 0 spiro atoms. The number of ether oxygens (including phenoxy) is 1. The number of nitrogens with one attached hydrogen (secondary N) is 3. The average molecular weight is 649 g/mol. The Morgan fingerprint density at radius 2 is 1.25 bits per heavy atom. The number of carbonyl (C=O) groups excluding carboxylic acids is 4. The maximum absolute atomic E-state index is 13.9. The molecule has 3 atom stereocenters. The summed E-state index contributed by atoms with van der Waals surface area (Å²) in [4.78, 5) is 54.0. The van der Waals surface area contributed by atoms with Crippen LogP contribution in [0.4, 0.5) is 4.79 Å². The van der Waals surface area contributed by atoms with Crippen molar-refractivity contribution in [1.82, 2.24) is 20.5 Å². The van der Waals surface area contributed by atoms with Gasteiger partial charge in [-0.05, 0) is 58.2 Å². The zero-order chi connectivity index (χ0) is 34.2. The quantitative estimate of drug-likeness (QED) is 0.166. The topological polar surface area (TPSA) is 119 Å². The zero-order valence-corrected chi connectivity index (χ0v) is 27.9. The molecule has 3 N–H and O–H groups in total. The fraction of sp³-hybridized carbons (Fsp3) is 0.333. The van der Waals surface area contributed by atoms with Crippen molar-refractivity contribution in [1.29, 1.82) is 0 Å². The predicted octanol–water partition coefficient (Wildman–Crippen LogP) is 5.95. The van der Waals surface area contributed by atoms with Crippen LogP contribution in [0.25, 0.3) is 11.1 Å². The monoisotopic (exact) mass is 648 g/mol. The van der Waals surface area contributed by atoms with Crippen molar-refractivity contribution >= 4 is 23.8 Å². The first-order valence-electron chi connectivity index (χ1n) is 16.6. The van der Waals surface area contributed by atoms with Crippen molar-refractivity contribution in [2.45, 2.75) is 64.6 Å². The van der Waals surface area contributed by atoms with Gasteiger partial charge in [-0.15, -0.1) is 0 Å². The van der Waals surface area contributed by atoms with Crippen LogP contribution in [-0.2, 0) is 20.7 Å². The van der Waals surface area contributed by atoms with E-state index in [1.165, 1.54) is 4.57 Å². The first-order chi connectivity index (χ1) is 23.1. The van der Waals surface area contributed by atoms with Crippen LogP contribution in [0.2, 0.25) is 0 Å². The molecule has 48 heavy (non-hydrogen) atoms. The molecule has 0 aliphatic heterocycles. The van der Waals surface area contributed by atoms with E-state index in [9.17, 15) is 19.2 Å². The van der Waals surface area contributed by atoms with Crippen LogP contribution in [0, 0.1) is 11.8 Å². The number of amides is 3.